The molecule has 0 spiro atoms. The quantitative estimate of drug-likeness (QED) is 0.818. The van der Waals surface area contributed by atoms with E-state index in [4.69, 9.17) is 4.74 Å². The van der Waals surface area contributed by atoms with Crippen molar-refractivity contribution in [1.29, 1.82) is 0 Å². The van der Waals surface area contributed by atoms with Crippen LogP contribution < -0.4 is 5.32 Å². The smallest absolute Gasteiger partial charge is 0.230 e. The molecule has 0 radical (unpaired) electrons. The predicted octanol–water partition coefficient (Wildman–Crippen LogP) is 1.87. The van der Waals surface area contributed by atoms with E-state index in [1.54, 1.807) is 0 Å². The van der Waals surface area contributed by atoms with Gasteiger partial charge in [-0.05, 0) is 12.8 Å². The largest absolute Gasteiger partial charge is 0.376 e. The number of carbonyl (C=O) groups is 1. The van der Waals surface area contributed by atoms with Crippen molar-refractivity contribution < 1.29 is 9.53 Å². The third-order valence-electron chi connectivity index (χ3n) is 3.75. The van der Waals surface area contributed by atoms with Gasteiger partial charge in [0.05, 0.1) is 11.9 Å². The average molecular weight is 332 g/mol. The van der Waals surface area contributed by atoms with Gasteiger partial charge in [-0.3, -0.25) is 4.79 Å². The maximum absolute atomic E-state index is 11.9. The molecular weight excluding hydrogens is 312 g/mol. The summed E-state index contributed by atoms with van der Waals surface area (Å²) in [4.78, 5) is 11.9. The van der Waals surface area contributed by atoms with Crippen LogP contribution in [-0.2, 0) is 16.6 Å². The van der Waals surface area contributed by atoms with Gasteiger partial charge in [0.1, 0.15) is 0 Å². The first-order valence-electron chi connectivity index (χ1n) is 7.70. The van der Waals surface area contributed by atoms with E-state index in [0.29, 0.717) is 12.3 Å². The standard InChI is InChI=1S/C16H20N4O2S/c1-20-15(12-6-3-2-4-7-12)18-19-16(20)23-11-14(21)17-10-13-8-5-9-22-13/h2-4,6-7,13H,5,8-11H2,1H3,(H,17,21)/t13-/m0/s1. The molecule has 1 aliphatic rings. The van der Waals surface area contributed by atoms with Crippen molar-refractivity contribution in [2.75, 3.05) is 18.9 Å². The molecule has 1 aromatic carbocycles. The molecule has 6 nitrogen and oxygen atoms in total. The molecule has 1 N–H and O–H groups in total. The molecule has 1 aliphatic heterocycles. The Morgan fingerprint density at radius 1 is 1.39 bits per heavy atom. The first-order valence-corrected chi connectivity index (χ1v) is 8.68. The molecule has 0 saturated carbocycles. The highest BCUT2D eigenvalue weighted by Gasteiger charge is 2.17. The molecule has 23 heavy (non-hydrogen) atoms. The van der Waals surface area contributed by atoms with Gasteiger partial charge in [-0.1, -0.05) is 42.1 Å². The summed E-state index contributed by atoms with van der Waals surface area (Å²) in [6.07, 6.45) is 2.27. The van der Waals surface area contributed by atoms with Crippen molar-refractivity contribution in [3.8, 4) is 11.4 Å². The first-order chi connectivity index (χ1) is 11.2. The van der Waals surface area contributed by atoms with Crippen LogP contribution in [0.1, 0.15) is 12.8 Å². The lowest BCUT2D eigenvalue weighted by Crippen LogP contribution is -2.32. The summed E-state index contributed by atoms with van der Waals surface area (Å²) in [5.74, 6) is 1.12. The number of benzene rings is 1. The van der Waals surface area contributed by atoms with Gasteiger partial charge in [0.25, 0.3) is 0 Å². The van der Waals surface area contributed by atoms with Crippen LogP contribution in [0.15, 0.2) is 35.5 Å². The Balaban J connectivity index is 1.52. The van der Waals surface area contributed by atoms with Crippen molar-refractivity contribution >= 4 is 17.7 Å². The Kier molecular flexibility index (Phi) is 5.30. The fourth-order valence-corrected chi connectivity index (χ4v) is 3.23. The molecule has 2 aromatic rings. The summed E-state index contributed by atoms with van der Waals surface area (Å²) in [5, 5.41) is 12.0. The van der Waals surface area contributed by atoms with Gasteiger partial charge in [-0.25, -0.2) is 0 Å². The molecule has 1 fully saturated rings. The number of rotatable bonds is 6. The summed E-state index contributed by atoms with van der Waals surface area (Å²) >= 11 is 1.39. The van der Waals surface area contributed by atoms with Crippen molar-refractivity contribution in [2.45, 2.75) is 24.1 Å². The Hall–Kier alpha value is -1.86. The van der Waals surface area contributed by atoms with Crippen molar-refractivity contribution in [3.05, 3.63) is 30.3 Å². The number of aromatic nitrogens is 3. The second-order valence-electron chi connectivity index (χ2n) is 5.46. The number of thioether (sulfide) groups is 1. The fraction of sp³-hybridized carbons (Fsp3) is 0.438. The number of nitrogens with one attached hydrogen (secondary N) is 1. The number of hydrogen-bond acceptors (Lipinski definition) is 5. The molecule has 1 amide bonds. The highest BCUT2D eigenvalue weighted by atomic mass is 32.2. The van der Waals surface area contributed by atoms with E-state index >= 15 is 0 Å². The highest BCUT2D eigenvalue weighted by molar-refractivity contribution is 7.99. The number of hydrogen-bond donors (Lipinski definition) is 1. The first kappa shape index (κ1) is 16.0. The lowest BCUT2D eigenvalue weighted by atomic mass is 10.2. The van der Waals surface area contributed by atoms with Crippen LogP contribution in [0.4, 0.5) is 0 Å². The summed E-state index contributed by atoms with van der Waals surface area (Å²) in [6.45, 7) is 1.39. The van der Waals surface area contributed by atoms with Crippen LogP contribution in [-0.4, -0.2) is 45.7 Å². The maximum atomic E-state index is 11.9. The number of ether oxygens (including phenoxy) is 1. The number of carbonyl (C=O) groups excluding carboxylic acids is 1. The molecule has 7 heteroatoms. The molecule has 3 rings (SSSR count). The van der Waals surface area contributed by atoms with E-state index in [-0.39, 0.29) is 12.0 Å². The lowest BCUT2D eigenvalue weighted by Gasteiger charge is -2.10. The van der Waals surface area contributed by atoms with Crippen LogP contribution >= 0.6 is 11.8 Å². The van der Waals surface area contributed by atoms with Gasteiger partial charge in [0, 0.05) is 25.8 Å². The van der Waals surface area contributed by atoms with E-state index in [2.05, 4.69) is 15.5 Å². The van der Waals surface area contributed by atoms with Gasteiger partial charge in [0.15, 0.2) is 11.0 Å². The molecule has 0 bridgehead atoms. The zero-order chi connectivity index (χ0) is 16.1. The molecule has 0 aliphatic carbocycles. The third kappa shape index (κ3) is 4.11. The third-order valence-corrected chi connectivity index (χ3v) is 4.77. The Bertz CT molecular complexity index is 653. The predicted molar refractivity (Wildman–Crippen MR) is 89.1 cm³/mol. The monoisotopic (exact) mass is 332 g/mol. The summed E-state index contributed by atoms with van der Waals surface area (Å²) in [6, 6.07) is 9.89. The van der Waals surface area contributed by atoms with Gasteiger partial charge < -0.3 is 14.6 Å². The topological polar surface area (TPSA) is 69.0 Å². The van der Waals surface area contributed by atoms with Crippen LogP contribution in [0, 0.1) is 0 Å². The Morgan fingerprint density at radius 2 is 2.22 bits per heavy atom. The maximum Gasteiger partial charge on any atom is 0.230 e. The minimum absolute atomic E-state index is 0.00485. The molecule has 122 valence electrons. The Morgan fingerprint density at radius 3 is 2.96 bits per heavy atom. The van der Waals surface area contributed by atoms with E-state index < -0.39 is 0 Å². The van der Waals surface area contributed by atoms with E-state index in [9.17, 15) is 4.79 Å². The molecule has 2 heterocycles. The second kappa shape index (κ2) is 7.61. The van der Waals surface area contributed by atoms with E-state index in [1.807, 2.05) is 41.9 Å². The minimum atomic E-state index is -0.00485. The lowest BCUT2D eigenvalue weighted by molar-refractivity contribution is -0.119. The highest BCUT2D eigenvalue weighted by Crippen LogP contribution is 2.22. The van der Waals surface area contributed by atoms with Crippen molar-refractivity contribution in [2.24, 2.45) is 7.05 Å². The van der Waals surface area contributed by atoms with Gasteiger partial charge >= 0.3 is 0 Å². The Labute approximate surface area is 139 Å². The second-order valence-corrected chi connectivity index (χ2v) is 6.40. The van der Waals surface area contributed by atoms with Crippen molar-refractivity contribution in [1.82, 2.24) is 20.1 Å². The van der Waals surface area contributed by atoms with Crippen LogP contribution in [0.2, 0.25) is 0 Å². The number of nitrogens with zero attached hydrogens (tertiary/aromatic N) is 3. The van der Waals surface area contributed by atoms with Crippen LogP contribution in [0.25, 0.3) is 11.4 Å². The summed E-state index contributed by atoms with van der Waals surface area (Å²) in [5.41, 5.74) is 1.01. The van der Waals surface area contributed by atoms with Crippen LogP contribution in [0.5, 0.6) is 0 Å². The number of amides is 1. The molecule has 0 unspecified atom stereocenters. The summed E-state index contributed by atoms with van der Waals surface area (Å²) < 4.78 is 7.40. The fourth-order valence-electron chi connectivity index (χ4n) is 2.49. The van der Waals surface area contributed by atoms with Gasteiger partial charge in [-0.2, -0.15) is 0 Å². The van der Waals surface area contributed by atoms with Crippen LogP contribution in [0.3, 0.4) is 0 Å². The molecule has 1 saturated heterocycles. The summed E-state index contributed by atoms with van der Waals surface area (Å²) in [7, 11) is 1.91. The van der Waals surface area contributed by atoms with E-state index in [1.165, 1.54) is 11.8 Å². The SMILES string of the molecule is Cn1c(SCC(=O)NC[C@@H]2CCCO2)nnc1-c1ccccc1. The van der Waals surface area contributed by atoms with E-state index in [0.717, 1.165) is 36.0 Å². The normalized spacial score (nSPS) is 17.3. The zero-order valence-corrected chi connectivity index (χ0v) is 13.9. The zero-order valence-electron chi connectivity index (χ0n) is 13.1. The molecule has 1 aromatic heterocycles. The molecular formula is C16H20N4O2S. The molecule has 1 atom stereocenters. The van der Waals surface area contributed by atoms with Gasteiger partial charge in [0.2, 0.25) is 5.91 Å². The van der Waals surface area contributed by atoms with Crippen molar-refractivity contribution in [3.63, 3.8) is 0 Å². The average Bonchev–Trinajstić information content (AvgIpc) is 3.22. The minimum Gasteiger partial charge on any atom is -0.376 e. The van der Waals surface area contributed by atoms with Gasteiger partial charge in [-0.15, -0.1) is 10.2 Å².